The minimum Gasteiger partial charge on any atom is -0.383 e. The van der Waals surface area contributed by atoms with Crippen LogP contribution in [0.3, 0.4) is 0 Å². The first-order valence-electron chi connectivity index (χ1n) is 9.88. The number of benzene rings is 1. The van der Waals surface area contributed by atoms with E-state index < -0.39 is 11.2 Å². The lowest BCUT2D eigenvalue weighted by Gasteiger charge is -2.35. The first kappa shape index (κ1) is 20.3. The van der Waals surface area contributed by atoms with Gasteiger partial charge in [-0.05, 0) is 6.07 Å². The highest BCUT2D eigenvalue weighted by Gasteiger charge is 2.25. The zero-order valence-corrected chi connectivity index (χ0v) is 17.1. The van der Waals surface area contributed by atoms with Crippen LogP contribution in [0.15, 0.2) is 33.9 Å². The Hall–Kier alpha value is -2.98. The highest BCUT2D eigenvalue weighted by Crippen LogP contribution is 2.21. The molecule has 0 unspecified atom stereocenters. The average Bonchev–Trinajstić information content (AvgIpc) is 3.13. The maximum atomic E-state index is 14.0. The van der Waals surface area contributed by atoms with E-state index in [0.717, 1.165) is 13.1 Å². The van der Waals surface area contributed by atoms with Crippen molar-refractivity contribution in [3.05, 3.63) is 56.5 Å². The zero-order valence-electron chi connectivity index (χ0n) is 17.1. The van der Waals surface area contributed by atoms with Crippen LogP contribution in [0.25, 0.3) is 11.2 Å². The summed E-state index contributed by atoms with van der Waals surface area (Å²) in [6.07, 6.45) is 0. The minimum absolute atomic E-state index is 0.193. The van der Waals surface area contributed by atoms with Crippen LogP contribution in [-0.4, -0.2) is 63.9 Å². The molecule has 9 nitrogen and oxygen atoms in total. The van der Waals surface area contributed by atoms with E-state index in [1.165, 1.54) is 10.6 Å². The number of H-pyrrole nitrogens is 1. The van der Waals surface area contributed by atoms with Gasteiger partial charge in [0.25, 0.3) is 5.56 Å². The molecule has 10 heteroatoms. The number of aromatic nitrogens is 4. The summed E-state index contributed by atoms with van der Waals surface area (Å²) in [6.45, 7) is 4.23. The van der Waals surface area contributed by atoms with E-state index in [2.05, 4.69) is 19.8 Å². The molecule has 0 spiro atoms. The summed E-state index contributed by atoms with van der Waals surface area (Å²) in [5.41, 5.74) is 0.438. The summed E-state index contributed by atoms with van der Waals surface area (Å²) >= 11 is 0. The van der Waals surface area contributed by atoms with Gasteiger partial charge in [-0.2, -0.15) is 4.98 Å². The smallest absolute Gasteiger partial charge is 0.329 e. The number of aromatic amines is 1. The third-order valence-electron chi connectivity index (χ3n) is 5.51. The lowest BCUT2D eigenvalue weighted by atomic mass is 10.2. The van der Waals surface area contributed by atoms with Crippen molar-refractivity contribution < 1.29 is 9.13 Å². The molecule has 2 aromatic heterocycles. The van der Waals surface area contributed by atoms with Crippen molar-refractivity contribution in [2.24, 2.45) is 7.05 Å². The fraction of sp³-hybridized carbons (Fsp3) is 0.450. The summed E-state index contributed by atoms with van der Waals surface area (Å²) in [6, 6.07) is 6.81. The second kappa shape index (κ2) is 8.41. The maximum Gasteiger partial charge on any atom is 0.329 e. The molecule has 1 saturated heterocycles. The summed E-state index contributed by atoms with van der Waals surface area (Å²) in [4.78, 5) is 35.7. The predicted molar refractivity (Wildman–Crippen MR) is 111 cm³/mol. The first-order chi connectivity index (χ1) is 14.5. The number of imidazole rings is 1. The standard InChI is InChI=1S/C20H25FN6O3/c1-24-17-16(18(28)23-20(24)29)27(11-12-30-2)19(22-17)26-9-7-25(8-10-26)13-14-5-3-4-6-15(14)21/h3-6H,7-13H2,1-2H3,(H,23,28,29). The lowest BCUT2D eigenvalue weighted by molar-refractivity contribution is 0.188. The Morgan fingerprint density at radius 3 is 2.60 bits per heavy atom. The van der Waals surface area contributed by atoms with Gasteiger partial charge in [-0.3, -0.25) is 19.2 Å². The van der Waals surface area contributed by atoms with E-state index >= 15 is 0 Å². The summed E-state index contributed by atoms with van der Waals surface area (Å²) < 4.78 is 22.3. The molecule has 1 aliphatic rings. The molecule has 0 saturated carbocycles. The van der Waals surface area contributed by atoms with Gasteiger partial charge in [0.2, 0.25) is 5.95 Å². The number of hydrogen-bond acceptors (Lipinski definition) is 6. The molecular weight excluding hydrogens is 391 g/mol. The molecule has 0 aliphatic carbocycles. The van der Waals surface area contributed by atoms with E-state index in [4.69, 9.17) is 4.74 Å². The van der Waals surface area contributed by atoms with Crippen LogP contribution in [0.4, 0.5) is 10.3 Å². The topological polar surface area (TPSA) is 88.4 Å². The minimum atomic E-state index is -0.495. The Morgan fingerprint density at radius 1 is 1.17 bits per heavy atom. The van der Waals surface area contributed by atoms with Crippen molar-refractivity contribution in [2.75, 3.05) is 44.8 Å². The monoisotopic (exact) mass is 416 g/mol. The predicted octanol–water partition coefficient (Wildman–Crippen LogP) is 0.531. The summed E-state index contributed by atoms with van der Waals surface area (Å²) in [5.74, 6) is 0.445. The van der Waals surface area contributed by atoms with Crippen molar-refractivity contribution in [1.29, 1.82) is 0 Å². The van der Waals surface area contributed by atoms with Gasteiger partial charge in [0, 0.05) is 59.0 Å². The van der Waals surface area contributed by atoms with Gasteiger partial charge < -0.3 is 14.2 Å². The molecular formula is C20H25FN6O3. The van der Waals surface area contributed by atoms with Crippen LogP contribution < -0.4 is 16.1 Å². The maximum absolute atomic E-state index is 14.0. The second-order valence-corrected chi connectivity index (χ2v) is 7.40. The van der Waals surface area contributed by atoms with Crippen LogP contribution in [0.2, 0.25) is 0 Å². The van der Waals surface area contributed by atoms with Gasteiger partial charge >= 0.3 is 5.69 Å². The Bertz CT molecular complexity index is 1160. The van der Waals surface area contributed by atoms with E-state index in [1.807, 2.05) is 10.6 Å². The van der Waals surface area contributed by atoms with Crippen molar-refractivity contribution in [1.82, 2.24) is 24.0 Å². The number of fused-ring (bicyclic) bond motifs is 1. The van der Waals surface area contributed by atoms with Crippen molar-refractivity contribution in [2.45, 2.75) is 13.1 Å². The third-order valence-corrected chi connectivity index (χ3v) is 5.51. The Morgan fingerprint density at radius 2 is 1.90 bits per heavy atom. The molecule has 3 aromatic rings. The summed E-state index contributed by atoms with van der Waals surface area (Å²) in [7, 11) is 3.19. The molecule has 0 bridgehead atoms. The molecule has 30 heavy (non-hydrogen) atoms. The van der Waals surface area contributed by atoms with E-state index in [1.54, 1.807) is 26.3 Å². The largest absolute Gasteiger partial charge is 0.383 e. The van der Waals surface area contributed by atoms with Gasteiger partial charge in [-0.25, -0.2) is 9.18 Å². The third kappa shape index (κ3) is 3.75. The molecule has 1 aromatic carbocycles. The number of anilines is 1. The molecule has 0 atom stereocenters. The zero-order chi connectivity index (χ0) is 21.3. The second-order valence-electron chi connectivity index (χ2n) is 7.40. The molecule has 0 radical (unpaired) electrons. The van der Waals surface area contributed by atoms with Crippen molar-refractivity contribution in [3.8, 4) is 0 Å². The fourth-order valence-electron chi connectivity index (χ4n) is 3.83. The molecule has 1 fully saturated rings. The molecule has 4 rings (SSSR count). The van der Waals surface area contributed by atoms with Gasteiger partial charge in [-0.1, -0.05) is 18.2 Å². The molecule has 3 heterocycles. The first-order valence-corrected chi connectivity index (χ1v) is 9.88. The Kier molecular flexibility index (Phi) is 5.69. The number of ether oxygens (including phenoxy) is 1. The van der Waals surface area contributed by atoms with Gasteiger partial charge in [0.15, 0.2) is 11.2 Å². The number of nitrogens with one attached hydrogen (secondary N) is 1. The fourth-order valence-corrected chi connectivity index (χ4v) is 3.83. The highest BCUT2D eigenvalue weighted by molar-refractivity contribution is 5.74. The van der Waals surface area contributed by atoms with Gasteiger partial charge in [0.1, 0.15) is 5.82 Å². The number of hydrogen-bond donors (Lipinski definition) is 1. The van der Waals surface area contributed by atoms with Gasteiger partial charge in [0.05, 0.1) is 6.61 Å². The molecule has 0 amide bonds. The number of rotatable bonds is 6. The normalized spacial score (nSPS) is 15.2. The van der Waals surface area contributed by atoms with Crippen LogP contribution in [0.5, 0.6) is 0 Å². The summed E-state index contributed by atoms with van der Waals surface area (Å²) in [5, 5.41) is 0. The molecule has 160 valence electrons. The highest BCUT2D eigenvalue weighted by atomic mass is 19.1. The quantitative estimate of drug-likeness (QED) is 0.631. The van der Waals surface area contributed by atoms with E-state index in [9.17, 15) is 14.0 Å². The molecule has 1 aliphatic heterocycles. The number of aryl methyl sites for hydroxylation is 1. The van der Waals surface area contributed by atoms with E-state index in [0.29, 0.717) is 55.5 Å². The van der Waals surface area contributed by atoms with Crippen LogP contribution in [0, 0.1) is 5.82 Å². The van der Waals surface area contributed by atoms with E-state index in [-0.39, 0.29) is 5.82 Å². The van der Waals surface area contributed by atoms with Crippen LogP contribution in [0.1, 0.15) is 5.56 Å². The molecule has 1 N–H and O–H groups in total. The number of nitrogens with zero attached hydrogens (tertiary/aromatic N) is 5. The van der Waals surface area contributed by atoms with Crippen molar-refractivity contribution >= 4 is 17.1 Å². The van der Waals surface area contributed by atoms with Crippen LogP contribution >= 0.6 is 0 Å². The number of methoxy groups -OCH3 is 1. The average molecular weight is 416 g/mol. The number of piperazine rings is 1. The number of halogens is 1. The van der Waals surface area contributed by atoms with Gasteiger partial charge in [-0.15, -0.1) is 0 Å². The van der Waals surface area contributed by atoms with Crippen LogP contribution in [-0.2, 0) is 24.9 Å². The SMILES string of the molecule is COCCn1c(N2CCN(Cc3ccccc3F)CC2)nc2c1c(=O)[nH]c(=O)n2C. The Labute approximate surface area is 172 Å². The van der Waals surface area contributed by atoms with Crippen molar-refractivity contribution in [3.63, 3.8) is 0 Å². The lowest BCUT2D eigenvalue weighted by Crippen LogP contribution is -2.47. The Balaban J connectivity index is 1.60.